The van der Waals surface area contributed by atoms with Gasteiger partial charge in [0.05, 0.1) is 28.1 Å². The number of aryl methyl sites for hydroxylation is 2. The Labute approximate surface area is 124 Å². The van der Waals surface area contributed by atoms with E-state index in [1.54, 1.807) is 12.5 Å². The summed E-state index contributed by atoms with van der Waals surface area (Å²) in [6, 6.07) is 2.04. The maximum absolute atomic E-state index is 6.38. The van der Waals surface area contributed by atoms with E-state index in [-0.39, 0.29) is 6.04 Å². The normalized spacial score (nSPS) is 12.6. The Balaban J connectivity index is 2.29. The zero-order valence-electron chi connectivity index (χ0n) is 12.1. The number of nitrogens with one attached hydrogen (secondary N) is 1. The van der Waals surface area contributed by atoms with Gasteiger partial charge < -0.3 is 5.32 Å². The van der Waals surface area contributed by atoms with E-state index in [0.29, 0.717) is 0 Å². The largest absolute Gasteiger partial charge is 0.309 e. The molecular formula is C14H20ClN5. The molecule has 5 nitrogen and oxygen atoms in total. The molecule has 2 heterocycles. The Morgan fingerprint density at radius 1 is 1.40 bits per heavy atom. The first-order chi connectivity index (χ1) is 9.67. The molecule has 108 valence electrons. The van der Waals surface area contributed by atoms with Gasteiger partial charge >= 0.3 is 0 Å². The number of hydrogen-bond acceptors (Lipinski definition) is 4. The van der Waals surface area contributed by atoms with Gasteiger partial charge in [0.25, 0.3) is 0 Å². The van der Waals surface area contributed by atoms with Gasteiger partial charge in [-0.15, -0.1) is 0 Å². The van der Waals surface area contributed by atoms with Gasteiger partial charge in [0.15, 0.2) is 0 Å². The molecule has 0 bridgehead atoms. The molecule has 20 heavy (non-hydrogen) atoms. The second-order valence-corrected chi connectivity index (χ2v) is 4.99. The van der Waals surface area contributed by atoms with E-state index in [1.165, 1.54) is 0 Å². The zero-order valence-corrected chi connectivity index (χ0v) is 12.9. The van der Waals surface area contributed by atoms with Gasteiger partial charge in [-0.2, -0.15) is 5.10 Å². The molecule has 0 radical (unpaired) electrons. The van der Waals surface area contributed by atoms with Crippen molar-refractivity contribution in [1.29, 1.82) is 0 Å². The summed E-state index contributed by atoms with van der Waals surface area (Å²) in [7, 11) is 0. The number of likely N-dealkylation sites (N-methyl/N-ethyl adjacent to an activating group) is 1. The third kappa shape index (κ3) is 3.16. The van der Waals surface area contributed by atoms with E-state index in [1.807, 2.05) is 17.7 Å². The molecule has 1 unspecified atom stereocenters. The van der Waals surface area contributed by atoms with Crippen molar-refractivity contribution in [1.82, 2.24) is 25.1 Å². The number of rotatable bonds is 6. The van der Waals surface area contributed by atoms with Crippen molar-refractivity contribution in [2.45, 2.75) is 39.8 Å². The minimum Gasteiger partial charge on any atom is -0.309 e. The molecule has 0 aliphatic carbocycles. The van der Waals surface area contributed by atoms with Crippen LogP contribution in [0.2, 0.25) is 5.02 Å². The Morgan fingerprint density at radius 3 is 2.80 bits per heavy atom. The van der Waals surface area contributed by atoms with Gasteiger partial charge in [-0.05, 0) is 26.5 Å². The Hall–Kier alpha value is -1.46. The van der Waals surface area contributed by atoms with Gasteiger partial charge in [0, 0.05) is 19.2 Å². The molecule has 0 saturated heterocycles. The summed E-state index contributed by atoms with van der Waals surface area (Å²) in [4.78, 5) is 8.31. The van der Waals surface area contributed by atoms with Crippen molar-refractivity contribution in [2.24, 2.45) is 0 Å². The fourth-order valence-electron chi connectivity index (χ4n) is 2.29. The van der Waals surface area contributed by atoms with Gasteiger partial charge in [0.1, 0.15) is 6.33 Å². The summed E-state index contributed by atoms with van der Waals surface area (Å²) >= 11 is 6.38. The predicted octanol–water partition coefficient (Wildman–Crippen LogP) is 2.55. The van der Waals surface area contributed by atoms with Gasteiger partial charge in [-0.3, -0.25) is 4.68 Å². The summed E-state index contributed by atoms with van der Waals surface area (Å²) in [6.07, 6.45) is 4.10. The van der Waals surface area contributed by atoms with E-state index in [9.17, 15) is 0 Å². The van der Waals surface area contributed by atoms with Crippen molar-refractivity contribution in [2.75, 3.05) is 6.54 Å². The average Bonchev–Trinajstić information content (AvgIpc) is 2.75. The number of hydrogen-bond donors (Lipinski definition) is 1. The quantitative estimate of drug-likeness (QED) is 0.889. The highest BCUT2D eigenvalue weighted by Gasteiger charge is 2.19. The Morgan fingerprint density at radius 2 is 2.20 bits per heavy atom. The summed E-state index contributed by atoms with van der Waals surface area (Å²) in [6.45, 7) is 7.76. The molecule has 0 amide bonds. The van der Waals surface area contributed by atoms with Crippen LogP contribution < -0.4 is 5.32 Å². The minimum atomic E-state index is 0.113. The third-order valence-corrected chi connectivity index (χ3v) is 3.75. The minimum absolute atomic E-state index is 0.113. The predicted molar refractivity (Wildman–Crippen MR) is 79.8 cm³/mol. The van der Waals surface area contributed by atoms with Crippen LogP contribution in [-0.2, 0) is 13.0 Å². The molecular weight excluding hydrogens is 274 g/mol. The number of nitrogens with zero attached hydrogens (tertiary/aromatic N) is 4. The third-order valence-electron chi connectivity index (χ3n) is 3.26. The van der Waals surface area contributed by atoms with E-state index >= 15 is 0 Å². The first-order valence-corrected chi connectivity index (χ1v) is 7.26. The topological polar surface area (TPSA) is 55.6 Å². The monoisotopic (exact) mass is 293 g/mol. The first kappa shape index (κ1) is 14.9. The highest BCUT2D eigenvalue weighted by Crippen LogP contribution is 2.25. The standard InChI is InChI=1S/C14H20ClN5/c1-4-17-12(11-6-7-16-9-18-11)8-13-14(15)10(3)19-20(13)5-2/h6-7,9,12,17H,4-5,8H2,1-3H3. The van der Waals surface area contributed by atoms with Crippen LogP contribution in [0.25, 0.3) is 0 Å². The molecule has 0 saturated carbocycles. The van der Waals surface area contributed by atoms with Crippen LogP contribution in [0.4, 0.5) is 0 Å². The van der Waals surface area contributed by atoms with Crippen LogP contribution >= 0.6 is 11.6 Å². The molecule has 0 aliphatic heterocycles. The lowest BCUT2D eigenvalue weighted by Gasteiger charge is -2.18. The van der Waals surface area contributed by atoms with Crippen molar-refractivity contribution in [3.05, 3.63) is 40.7 Å². The number of halogens is 1. The molecule has 6 heteroatoms. The van der Waals surface area contributed by atoms with Crippen LogP contribution in [-0.4, -0.2) is 26.3 Å². The van der Waals surface area contributed by atoms with Crippen LogP contribution in [0.5, 0.6) is 0 Å². The molecule has 0 aromatic carbocycles. The van der Waals surface area contributed by atoms with E-state index in [2.05, 4.69) is 34.2 Å². The van der Waals surface area contributed by atoms with Gasteiger partial charge in [-0.1, -0.05) is 18.5 Å². The molecule has 0 aliphatic rings. The summed E-state index contributed by atoms with van der Waals surface area (Å²) in [5.41, 5.74) is 2.90. The average molecular weight is 294 g/mol. The van der Waals surface area contributed by atoms with E-state index < -0.39 is 0 Å². The molecule has 2 aromatic heterocycles. The van der Waals surface area contributed by atoms with Gasteiger partial charge in [0.2, 0.25) is 0 Å². The maximum atomic E-state index is 6.38. The highest BCUT2D eigenvalue weighted by atomic mass is 35.5. The van der Waals surface area contributed by atoms with Crippen molar-refractivity contribution >= 4 is 11.6 Å². The van der Waals surface area contributed by atoms with E-state index in [4.69, 9.17) is 11.6 Å². The summed E-state index contributed by atoms with van der Waals surface area (Å²) in [5, 5.41) is 8.66. The SMILES string of the molecule is CCNC(Cc1c(Cl)c(C)nn1CC)c1ccncn1. The molecule has 1 atom stereocenters. The highest BCUT2D eigenvalue weighted by molar-refractivity contribution is 6.31. The molecule has 1 N–H and O–H groups in total. The zero-order chi connectivity index (χ0) is 14.5. The van der Waals surface area contributed by atoms with Crippen LogP contribution in [0.1, 0.15) is 37.0 Å². The van der Waals surface area contributed by atoms with Crippen LogP contribution in [0.3, 0.4) is 0 Å². The second kappa shape index (κ2) is 6.81. The fraction of sp³-hybridized carbons (Fsp3) is 0.500. The van der Waals surface area contributed by atoms with Crippen molar-refractivity contribution in [3.63, 3.8) is 0 Å². The lowest BCUT2D eigenvalue weighted by atomic mass is 10.1. The molecule has 0 spiro atoms. The molecule has 2 rings (SSSR count). The summed E-state index contributed by atoms with van der Waals surface area (Å²) in [5.74, 6) is 0. The van der Waals surface area contributed by atoms with E-state index in [0.717, 1.165) is 41.6 Å². The van der Waals surface area contributed by atoms with Crippen LogP contribution in [0, 0.1) is 6.92 Å². The first-order valence-electron chi connectivity index (χ1n) is 6.88. The van der Waals surface area contributed by atoms with Crippen molar-refractivity contribution in [3.8, 4) is 0 Å². The smallest absolute Gasteiger partial charge is 0.115 e. The fourth-order valence-corrected chi connectivity index (χ4v) is 2.50. The lowest BCUT2D eigenvalue weighted by Crippen LogP contribution is -2.25. The molecule has 2 aromatic rings. The van der Waals surface area contributed by atoms with Crippen molar-refractivity contribution < 1.29 is 0 Å². The second-order valence-electron chi connectivity index (χ2n) is 4.61. The number of aromatic nitrogens is 4. The maximum Gasteiger partial charge on any atom is 0.115 e. The van der Waals surface area contributed by atoms with Crippen LogP contribution in [0.15, 0.2) is 18.6 Å². The van der Waals surface area contributed by atoms with Gasteiger partial charge in [-0.25, -0.2) is 9.97 Å². The molecule has 0 fully saturated rings. The lowest BCUT2D eigenvalue weighted by molar-refractivity contribution is 0.506. The Kier molecular flexibility index (Phi) is 5.09. The Bertz CT molecular complexity index is 552. The summed E-state index contributed by atoms with van der Waals surface area (Å²) < 4.78 is 1.96.